The molecule has 0 aliphatic heterocycles. The van der Waals surface area contributed by atoms with Gasteiger partial charge in [0.2, 0.25) is 0 Å². The molecule has 0 bridgehead atoms. The summed E-state index contributed by atoms with van der Waals surface area (Å²) >= 11 is 0. The number of hydrogen-bond donors (Lipinski definition) is 1. The first-order valence-corrected chi connectivity index (χ1v) is 9.05. The number of anilines is 1. The monoisotopic (exact) mass is 384 g/mol. The molecule has 0 aliphatic rings. The van der Waals surface area contributed by atoms with E-state index < -0.39 is 0 Å². The van der Waals surface area contributed by atoms with Crippen molar-refractivity contribution >= 4 is 22.9 Å². The van der Waals surface area contributed by atoms with E-state index in [0.717, 1.165) is 11.2 Å². The summed E-state index contributed by atoms with van der Waals surface area (Å²) < 4.78 is 4.70. The summed E-state index contributed by atoms with van der Waals surface area (Å²) in [5.41, 5.74) is 3.20. The SMILES string of the molecule is O=C(Nc1cccc(Cn2nc3ccccn3c2=O)c1)c1ccc2nccn2c1. The molecule has 0 saturated heterocycles. The summed E-state index contributed by atoms with van der Waals surface area (Å²) in [4.78, 5) is 29.2. The number of nitrogens with one attached hydrogen (secondary N) is 1. The number of pyridine rings is 2. The second-order valence-electron chi connectivity index (χ2n) is 6.63. The maximum atomic E-state index is 12.6. The molecule has 0 fully saturated rings. The van der Waals surface area contributed by atoms with E-state index in [-0.39, 0.29) is 11.6 Å². The summed E-state index contributed by atoms with van der Waals surface area (Å²) in [5, 5.41) is 7.24. The van der Waals surface area contributed by atoms with Gasteiger partial charge in [-0.3, -0.25) is 9.20 Å². The van der Waals surface area contributed by atoms with Crippen LogP contribution in [0.1, 0.15) is 15.9 Å². The quantitative estimate of drug-likeness (QED) is 0.516. The minimum absolute atomic E-state index is 0.205. The number of amides is 1. The van der Waals surface area contributed by atoms with Crippen LogP contribution in [0.4, 0.5) is 5.69 Å². The molecular weight excluding hydrogens is 368 g/mol. The number of aromatic nitrogens is 5. The number of carbonyl (C=O) groups is 1. The summed E-state index contributed by atoms with van der Waals surface area (Å²) in [6, 6.07) is 16.3. The van der Waals surface area contributed by atoms with Crippen molar-refractivity contribution in [2.24, 2.45) is 0 Å². The smallest absolute Gasteiger partial charge is 0.322 e. The molecule has 8 nitrogen and oxygen atoms in total. The van der Waals surface area contributed by atoms with E-state index in [1.54, 1.807) is 53.5 Å². The zero-order chi connectivity index (χ0) is 19.8. The van der Waals surface area contributed by atoms with E-state index in [0.29, 0.717) is 23.4 Å². The van der Waals surface area contributed by atoms with Crippen LogP contribution in [0, 0.1) is 0 Å². The Hall–Kier alpha value is -4.20. The third-order valence-corrected chi connectivity index (χ3v) is 4.66. The van der Waals surface area contributed by atoms with Crippen LogP contribution < -0.4 is 11.0 Å². The molecule has 5 aromatic rings. The Morgan fingerprint density at radius 2 is 1.93 bits per heavy atom. The molecule has 5 rings (SSSR count). The zero-order valence-corrected chi connectivity index (χ0v) is 15.3. The minimum Gasteiger partial charge on any atom is -0.322 e. The number of imidazole rings is 1. The van der Waals surface area contributed by atoms with E-state index in [9.17, 15) is 9.59 Å². The van der Waals surface area contributed by atoms with Crippen LogP contribution in [0.2, 0.25) is 0 Å². The second-order valence-corrected chi connectivity index (χ2v) is 6.63. The van der Waals surface area contributed by atoms with Gasteiger partial charge in [0.05, 0.1) is 12.1 Å². The van der Waals surface area contributed by atoms with Gasteiger partial charge in [0.1, 0.15) is 5.65 Å². The summed E-state index contributed by atoms with van der Waals surface area (Å²) in [5.74, 6) is -0.220. The first-order chi connectivity index (χ1) is 14.2. The van der Waals surface area contributed by atoms with Crippen molar-refractivity contribution in [3.05, 3.63) is 101 Å². The normalized spacial score (nSPS) is 11.2. The Kier molecular flexibility index (Phi) is 3.94. The van der Waals surface area contributed by atoms with Crippen LogP contribution in [0.15, 0.2) is 84.2 Å². The predicted molar refractivity (Wildman–Crippen MR) is 108 cm³/mol. The van der Waals surface area contributed by atoms with Crippen molar-refractivity contribution in [3.63, 3.8) is 0 Å². The lowest BCUT2D eigenvalue weighted by molar-refractivity contribution is 0.102. The molecule has 4 aromatic heterocycles. The first kappa shape index (κ1) is 16.9. The molecule has 0 unspecified atom stereocenters. The lowest BCUT2D eigenvalue weighted by atomic mass is 10.2. The Morgan fingerprint density at radius 3 is 2.83 bits per heavy atom. The van der Waals surface area contributed by atoms with E-state index in [1.807, 2.05) is 30.3 Å². The zero-order valence-electron chi connectivity index (χ0n) is 15.3. The van der Waals surface area contributed by atoms with Gasteiger partial charge < -0.3 is 9.72 Å². The number of rotatable bonds is 4. The maximum Gasteiger partial charge on any atom is 0.350 e. The molecule has 0 atom stereocenters. The lowest BCUT2D eigenvalue weighted by Gasteiger charge is -2.08. The van der Waals surface area contributed by atoms with Crippen molar-refractivity contribution in [3.8, 4) is 0 Å². The Bertz CT molecular complexity index is 1410. The van der Waals surface area contributed by atoms with Crippen LogP contribution in [-0.2, 0) is 6.54 Å². The van der Waals surface area contributed by atoms with Crippen LogP contribution in [0.25, 0.3) is 11.3 Å². The largest absolute Gasteiger partial charge is 0.350 e. The fourth-order valence-electron chi connectivity index (χ4n) is 3.25. The van der Waals surface area contributed by atoms with E-state index >= 15 is 0 Å². The number of benzene rings is 1. The number of carbonyl (C=O) groups excluding carboxylic acids is 1. The van der Waals surface area contributed by atoms with Gasteiger partial charge in [0, 0.05) is 30.5 Å². The molecule has 0 saturated carbocycles. The average molecular weight is 384 g/mol. The molecule has 8 heteroatoms. The van der Waals surface area contributed by atoms with E-state index in [4.69, 9.17) is 0 Å². The molecule has 0 spiro atoms. The topological polar surface area (TPSA) is 85.7 Å². The van der Waals surface area contributed by atoms with Crippen molar-refractivity contribution in [2.45, 2.75) is 6.54 Å². The van der Waals surface area contributed by atoms with Gasteiger partial charge in [0.15, 0.2) is 5.65 Å². The van der Waals surface area contributed by atoms with Gasteiger partial charge in [0.25, 0.3) is 5.91 Å². The molecule has 1 amide bonds. The Balaban J connectivity index is 1.38. The summed E-state index contributed by atoms with van der Waals surface area (Å²) in [6.45, 7) is 0.311. The molecular formula is C21H16N6O2. The van der Waals surface area contributed by atoms with Crippen molar-refractivity contribution in [1.82, 2.24) is 23.6 Å². The van der Waals surface area contributed by atoms with Crippen LogP contribution >= 0.6 is 0 Å². The summed E-state index contributed by atoms with van der Waals surface area (Å²) in [6.07, 6.45) is 6.90. The van der Waals surface area contributed by atoms with Gasteiger partial charge in [-0.2, -0.15) is 0 Å². The summed E-state index contributed by atoms with van der Waals surface area (Å²) in [7, 11) is 0. The first-order valence-electron chi connectivity index (χ1n) is 9.05. The molecule has 142 valence electrons. The van der Waals surface area contributed by atoms with Crippen LogP contribution in [0.3, 0.4) is 0 Å². The average Bonchev–Trinajstić information content (AvgIpc) is 3.33. The Morgan fingerprint density at radius 1 is 1.00 bits per heavy atom. The third-order valence-electron chi connectivity index (χ3n) is 4.66. The highest BCUT2D eigenvalue weighted by molar-refractivity contribution is 6.04. The van der Waals surface area contributed by atoms with Gasteiger partial charge in [-0.15, -0.1) is 5.10 Å². The van der Waals surface area contributed by atoms with Gasteiger partial charge >= 0.3 is 5.69 Å². The number of fused-ring (bicyclic) bond motifs is 2. The van der Waals surface area contributed by atoms with Crippen molar-refractivity contribution in [1.29, 1.82) is 0 Å². The predicted octanol–water partition coefficient (Wildman–Crippen LogP) is 2.44. The van der Waals surface area contributed by atoms with Crippen LogP contribution in [-0.4, -0.2) is 29.5 Å². The molecule has 4 heterocycles. The molecule has 1 N–H and O–H groups in total. The lowest BCUT2D eigenvalue weighted by Crippen LogP contribution is -2.21. The second kappa shape index (κ2) is 6.75. The maximum absolute atomic E-state index is 12.6. The molecule has 0 aliphatic carbocycles. The van der Waals surface area contributed by atoms with Crippen LogP contribution in [0.5, 0.6) is 0 Å². The highest BCUT2D eigenvalue weighted by Gasteiger charge is 2.10. The number of hydrogen-bond acceptors (Lipinski definition) is 4. The van der Waals surface area contributed by atoms with E-state index in [2.05, 4.69) is 15.4 Å². The van der Waals surface area contributed by atoms with Gasteiger partial charge in [-0.05, 0) is 42.0 Å². The standard InChI is InChI=1S/C21H16N6O2/c28-20(16-7-8-18-22-9-11-25(18)14-16)23-17-5-3-4-15(12-17)13-27-21(29)26-10-2-1-6-19(26)24-27/h1-12,14H,13H2,(H,23,28). The van der Waals surface area contributed by atoms with Crippen molar-refractivity contribution < 1.29 is 4.79 Å². The fraction of sp³-hybridized carbons (Fsp3) is 0.0476. The van der Waals surface area contributed by atoms with Gasteiger partial charge in [-0.1, -0.05) is 18.2 Å². The van der Waals surface area contributed by atoms with E-state index in [1.165, 1.54) is 9.08 Å². The Labute approximate surface area is 164 Å². The fourth-order valence-corrected chi connectivity index (χ4v) is 3.25. The van der Waals surface area contributed by atoms with Crippen molar-refractivity contribution in [2.75, 3.05) is 5.32 Å². The highest BCUT2D eigenvalue weighted by Crippen LogP contribution is 2.14. The third kappa shape index (κ3) is 3.16. The number of nitrogens with zero attached hydrogens (tertiary/aromatic N) is 5. The minimum atomic E-state index is -0.220. The molecule has 0 radical (unpaired) electrons. The highest BCUT2D eigenvalue weighted by atomic mass is 16.2. The molecule has 1 aromatic carbocycles. The van der Waals surface area contributed by atoms with Gasteiger partial charge in [-0.25, -0.2) is 14.5 Å². The molecule has 29 heavy (non-hydrogen) atoms.